The van der Waals surface area contributed by atoms with Gasteiger partial charge in [-0.2, -0.15) is 5.26 Å². The van der Waals surface area contributed by atoms with Gasteiger partial charge in [-0.3, -0.25) is 4.98 Å². The Balaban J connectivity index is 2.15. The Labute approximate surface area is 155 Å². The van der Waals surface area contributed by atoms with Crippen LogP contribution in [0.3, 0.4) is 0 Å². The fraction of sp³-hybridized carbons (Fsp3) is 0.150. The molecule has 2 N–H and O–H groups in total. The molecule has 1 aliphatic heterocycles. The van der Waals surface area contributed by atoms with Gasteiger partial charge >= 0.3 is 5.97 Å². The molecule has 0 unspecified atom stereocenters. The van der Waals surface area contributed by atoms with E-state index >= 15 is 0 Å². The van der Waals surface area contributed by atoms with E-state index in [0.717, 1.165) is 5.56 Å². The smallest absolute Gasteiger partial charge is 0.338 e. The number of halogens is 1. The van der Waals surface area contributed by atoms with Gasteiger partial charge in [-0.05, 0) is 36.2 Å². The summed E-state index contributed by atoms with van der Waals surface area (Å²) < 4.78 is 23.4. The van der Waals surface area contributed by atoms with Crippen LogP contribution in [0.4, 0.5) is 4.39 Å². The van der Waals surface area contributed by atoms with E-state index in [0.29, 0.717) is 11.1 Å². The third kappa shape index (κ3) is 3.37. The van der Waals surface area contributed by atoms with Crippen LogP contribution in [0.1, 0.15) is 18.4 Å². The lowest BCUT2D eigenvalue weighted by atomic mass is 9.83. The molecule has 7 heteroatoms. The summed E-state index contributed by atoms with van der Waals surface area (Å²) in [5.41, 5.74) is 8.16. The molecular weight excluding hydrogens is 349 g/mol. The van der Waals surface area contributed by atoms with E-state index in [1.54, 1.807) is 37.5 Å². The van der Waals surface area contributed by atoms with Gasteiger partial charge in [-0.25, -0.2) is 9.18 Å². The largest absolute Gasteiger partial charge is 0.466 e. The fourth-order valence-electron chi connectivity index (χ4n) is 3.01. The van der Waals surface area contributed by atoms with Crippen molar-refractivity contribution in [2.45, 2.75) is 12.8 Å². The first-order chi connectivity index (χ1) is 13.0. The summed E-state index contributed by atoms with van der Waals surface area (Å²) in [6.45, 7) is 1.58. The van der Waals surface area contributed by atoms with Crippen molar-refractivity contribution in [3.05, 3.63) is 76.9 Å². The number of nitriles is 1. The zero-order valence-electron chi connectivity index (χ0n) is 14.7. The molecule has 0 saturated carbocycles. The summed E-state index contributed by atoms with van der Waals surface area (Å²) in [5, 5.41) is 9.56. The maximum Gasteiger partial charge on any atom is 0.338 e. The molecule has 0 radical (unpaired) electrons. The van der Waals surface area contributed by atoms with Crippen LogP contribution in [0.25, 0.3) is 11.1 Å². The Morgan fingerprint density at radius 1 is 1.30 bits per heavy atom. The number of nitrogens with two attached hydrogens (primary N) is 1. The molecule has 136 valence electrons. The average Bonchev–Trinajstić information content (AvgIpc) is 2.67. The molecule has 0 saturated heterocycles. The van der Waals surface area contributed by atoms with Crippen molar-refractivity contribution < 1.29 is 18.7 Å². The monoisotopic (exact) mass is 365 g/mol. The minimum atomic E-state index is -0.774. The van der Waals surface area contributed by atoms with E-state index in [-0.39, 0.29) is 28.6 Å². The van der Waals surface area contributed by atoms with Gasteiger partial charge in [0.05, 0.1) is 18.6 Å². The van der Waals surface area contributed by atoms with Gasteiger partial charge in [0.2, 0.25) is 5.88 Å². The van der Waals surface area contributed by atoms with Crippen molar-refractivity contribution in [1.82, 2.24) is 4.98 Å². The van der Waals surface area contributed by atoms with Gasteiger partial charge in [0.1, 0.15) is 23.2 Å². The van der Waals surface area contributed by atoms with Crippen LogP contribution in [0, 0.1) is 17.1 Å². The van der Waals surface area contributed by atoms with Crippen LogP contribution in [0.2, 0.25) is 0 Å². The predicted octanol–water partition coefficient (Wildman–Crippen LogP) is 3.14. The zero-order valence-corrected chi connectivity index (χ0v) is 14.7. The molecule has 1 atom stereocenters. The molecule has 0 spiro atoms. The number of hydrogen-bond acceptors (Lipinski definition) is 6. The highest BCUT2D eigenvalue weighted by Gasteiger charge is 2.36. The maximum absolute atomic E-state index is 13.2. The van der Waals surface area contributed by atoms with Crippen molar-refractivity contribution in [1.29, 1.82) is 5.26 Å². The topological polar surface area (TPSA) is 98.2 Å². The first kappa shape index (κ1) is 18.1. The third-order valence-corrected chi connectivity index (χ3v) is 4.28. The molecule has 2 aromatic rings. The Morgan fingerprint density at radius 2 is 2.00 bits per heavy atom. The summed E-state index contributed by atoms with van der Waals surface area (Å²) in [4.78, 5) is 16.5. The van der Waals surface area contributed by atoms with Crippen molar-refractivity contribution in [3.63, 3.8) is 0 Å². The molecule has 0 aliphatic carbocycles. The third-order valence-electron chi connectivity index (χ3n) is 4.28. The second-order valence-corrected chi connectivity index (χ2v) is 5.90. The lowest BCUT2D eigenvalue weighted by Crippen LogP contribution is -2.25. The number of benzene rings is 1. The van der Waals surface area contributed by atoms with Gasteiger partial charge in [0.15, 0.2) is 0 Å². The van der Waals surface area contributed by atoms with Gasteiger partial charge in [-0.15, -0.1) is 0 Å². The van der Waals surface area contributed by atoms with Gasteiger partial charge in [-0.1, -0.05) is 12.1 Å². The molecule has 6 nitrogen and oxygen atoms in total. The van der Waals surface area contributed by atoms with Crippen LogP contribution in [-0.2, 0) is 14.3 Å². The number of methoxy groups -OCH3 is 1. The summed E-state index contributed by atoms with van der Waals surface area (Å²) in [7, 11) is 1.25. The highest BCUT2D eigenvalue weighted by molar-refractivity contribution is 5.92. The molecule has 0 bridgehead atoms. The summed E-state index contributed by atoms with van der Waals surface area (Å²) >= 11 is 0. The second-order valence-electron chi connectivity index (χ2n) is 5.90. The maximum atomic E-state index is 13.2. The number of aromatic nitrogens is 1. The lowest BCUT2D eigenvalue weighted by Gasteiger charge is -2.26. The van der Waals surface area contributed by atoms with Crippen molar-refractivity contribution >= 4 is 5.97 Å². The van der Waals surface area contributed by atoms with Crippen LogP contribution in [0.5, 0.6) is 0 Å². The molecule has 2 heterocycles. The molecule has 1 aromatic heterocycles. The number of allylic oxidation sites excluding steroid dienone is 2. The molecule has 0 amide bonds. The Morgan fingerprint density at radius 3 is 2.63 bits per heavy atom. The Kier molecular flexibility index (Phi) is 4.90. The van der Waals surface area contributed by atoms with Crippen LogP contribution in [0.15, 0.2) is 65.5 Å². The molecule has 0 fully saturated rings. The number of pyridine rings is 1. The molecule has 1 aromatic carbocycles. The van der Waals surface area contributed by atoms with E-state index in [4.69, 9.17) is 15.2 Å². The quantitative estimate of drug-likeness (QED) is 0.839. The predicted molar refractivity (Wildman–Crippen MR) is 95.0 cm³/mol. The van der Waals surface area contributed by atoms with Gasteiger partial charge in [0.25, 0.3) is 0 Å². The number of nitrogens with zero attached hydrogens (tertiary/aromatic N) is 2. The molecular formula is C20H16FN3O3. The van der Waals surface area contributed by atoms with Crippen molar-refractivity contribution in [3.8, 4) is 17.2 Å². The highest BCUT2D eigenvalue weighted by atomic mass is 19.1. The molecule has 27 heavy (non-hydrogen) atoms. The highest BCUT2D eigenvalue weighted by Crippen LogP contribution is 2.40. The number of hydrogen-bond donors (Lipinski definition) is 1. The van der Waals surface area contributed by atoms with Crippen molar-refractivity contribution in [2.24, 2.45) is 5.73 Å². The number of ether oxygens (including phenoxy) is 2. The average molecular weight is 365 g/mol. The molecule has 1 aliphatic rings. The van der Waals surface area contributed by atoms with Crippen LogP contribution >= 0.6 is 0 Å². The lowest BCUT2D eigenvalue weighted by molar-refractivity contribution is -0.136. The van der Waals surface area contributed by atoms with E-state index in [2.05, 4.69) is 4.98 Å². The summed E-state index contributed by atoms with van der Waals surface area (Å²) in [6.07, 6.45) is 3.16. The van der Waals surface area contributed by atoms with E-state index in [1.807, 2.05) is 6.07 Å². The minimum absolute atomic E-state index is 0.0696. The van der Waals surface area contributed by atoms with Crippen molar-refractivity contribution in [2.75, 3.05) is 7.11 Å². The Bertz CT molecular complexity index is 1000. The second kappa shape index (κ2) is 7.30. The number of esters is 1. The van der Waals surface area contributed by atoms with Crippen LogP contribution in [-0.4, -0.2) is 18.1 Å². The summed E-state index contributed by atoms with van der Waals surface area (Å²) in [6, 6.07) is 9.72. The van der Waals surface area contributed by atoms with E-state index in [9.17, 15) is 14.4 Å². The normalized spacial score (nSPS) is 16.6. The van der Waals surface area contributed by atoms with Crippen LogP contribution < -0.4 is 5.73 Å². The Hall–Kier alpha value is -3.66. The van der Waals surface area contributed by atoms with Gasteiger partial charge in [0, 0.05) is 18.0 Å². The number of rotatable bonds is 3. The molecule has 3 rings (SSSR count). The van der Waals surface area contributed by atoms with E-state index < -0.39 is 11.9 Å². The van der Waals surface area contributed by atoms with Gasteiger partial charge < -0.3 is 15.2 Å². The number of carbonyl (C=O) groups excluding carboxylic acids is 1. The number of carbonyl (C=O) groups is 1. The minimum Gasteiger partial charge on any atom is -0.466 e. The first-order valence-corrected chi connectivity index (χ1v) is 8.03. The first-order valence-electron chi connectivity index (χ1n) is 8.03. The SMILES string of the molecule is COC(=O)C1=C(C)OC(N)=C(C#N)[C@@H]1c1cncc(-c2ccc(F)cc2)c1. The fourth-order valence-corrected chi connectivity index (χ4v) is 3.01. The zero-order chi connectivity index (χ0) is 19.6. The summed E-state index contributed by atoms with van der Waals surface area (Å²) in [5.74, 6) is -1.55. The van der Waals surface area contributed by atoms with E-state index in [1.165, 1.54) is 19.2 Å². The standard InChI is InChI=1S/C20H16FN3O3/c1-11-17(20(25)26-2)18(16(8-22)19(23)27-11)14-7-13(9-24-10-14)12-3-5-15(21)6-4-12/h3-7,9-10,18H,23H2,1-2H3/t18-/m0/s1.